The highest BCUT2D eigenvalue weighted by Crippen LogP contribution is 2.29. The predicted molar refractivity (Wildman–Crippen MR) is 84.7 cm³/mol. The zero-order valence-corrected chi connectivity index (χ0v) is 14.5. The van der Waals surface area contributed by atoms with E-state index >= 15 is 0 Å². The molecule has 0 aliphatic rings. The van der Waals surface area contributed by atoms with Crippen LogP contribution in [0.5, 0.6) is 5.75 Å². The lowest BCUT2D eigenvalue weighted by molar-refractivity contribution is 0.00602. The Hall–Kier alpha value is -0.780. The van der Waals surface area contributed by atoms with Gasteiger partial charge in [0.1, 0.15) is 22.5 Å². The second kappa shape index (κ2) is 5.69. The minimum Gasteiger partial charge on any atom is -0.487 e. The molecule has 0 aliphatic heterocycles. The average Bonchev–Trinajstić information content (AvgIpc) is 2.11. The summed E-state index contributed by atoms with van der Waals surface area (Å²) >= 11 is 2.12. The summed E-state index contributed by atoms with van der Waals surface area (Å²) in [6.07, 6.45) is 0. The summed E-state index contributed by atoms with van der Waals surface area (Å²) in [5, 5.41) is 0. The van der Waals surface area contributed by atoms with E-state index in [1.165, 1.54) is 0 Å². The molecule has 0 atom stereocenters. The molecule has 106 valence electrons. The zero-order valence-electron chi connectivity index (χ0n) is 12.3. The summed E-state index contributed by atoms with van der Waals surface area (Å²) < 4.78 is 12.1. The van der Waals surface area contributed by atoms with Crippen LogP contribution in [-0.2, 0) is 4.74 Å². The number of benzene rings is 1. The first-order chi connectivity index (χ1) is 8.49. The van der Waals surface area contributed by atoms with Crippen molar-refractivity contribution >= 4 is 28.6 Å². The number of hydrogen-bond acceptors (Lipinski definition) is 3. The lowest BCUT2D eigenvalue weighted by atomic mass is 10.1. The van der Waals surface area contributed by atoms with E-state index in [0.717, 1.165) is 3.57 Å². The van der Waals surface area contributed by atoms with Crippen LogP contribution in [0, 0.1) is 3.57 Å². The smallest absolute Gasteiger partial charge is 0.343 e. The van der Waals surface area contributed by atoms with Crippen molar-refractivity contribution in [3.63, 3.8) is 0 Å². The molecule has 1 aromatic rings. The van der Waals surface area contributed by atoms with E-state index in [1.807, 2.05) is 53.7 Å². The first kappa shape index (κ1) is 16.3. The van der Waals surface area contributed by atoms with Crippen molar-refractivity contribution in [1.82, 2.24) is 0 Å². The van der Waals surface area contributed by atoms with Gasteiger partial charge in [0.2, 0.25) is 0 Å². The Kier molecular flexibility index (Phi) is 4.87. The molecule has 0 saturated heterocycles. The molecule has 19 heavy (non-hydrogen) atoms. The largest absolute Gasteiger partial charge is 0.487 e. The van der Waals surface area contributed by atoms with Crippen LogP contribution in [0.2, 0.25) is 0 Å². The van der Waals surface area contributed by atoms with Crippen molar-refractivity contribution in [3.05, 3.63) is 27.3 Å². The van der Waals surface area contributed by atoms with Gasteiger partial charge in [0, 0.05) is 3.57 Å². The monoisotopic (exact) mass is 376 g/mol. The molecular formula is C15H21IO3. The molecule has 0 spiro atoms. The molecule has 0 saturated carbocycles. The zero-order chi connectivity index (χ0) is 14.8. The van der Waals surface area contributed by atoms with E-state index in [1.54, 1.807) is 6.07 Å². The van der Waals surface area contributed by atoms with Crippen LogP contribution in [0.3, 0.4) is 0 Å². The van der Waals surface area contributed by atoms with Crippen LogP contribution in [0.1, 0.15) is 51.9 Å². The molecular weight excluding hydrogens is 355 g/mol. The quantitative estimate of drug-likeness (QED) is 0.566. The van der Waals surface area contributed by atoms with Gasteiger partial charge in [-0.25, -0.2) is 4.79 Å². The van der Waals surface area contributed by atoms with Crippen molar-refractivity contribution in [1.29, 1.82) is 0 Å². The third-order valence-corrected chi connectivity index (χ3v) is 2.89. The Bertz CT molecular complexity index is 467. The number of hydrogen-bond donors (Lipinski definition) is 0. The lowest BCUT2D eigenvalue weighted by Gasteiger charge is -2.25. The van der Waals surface area contributed by atoms with Gasteiger partial charge in [-0.2, -0.15) is 0 Å². The van der Waals surface area contributed by atoms with Gasteiger partial charge >= 0.3 is 5.97 Å². The predicted octanol–water partition coefficient (Wildman–Crippen LogP) is 4.42. The summed E-state index contributed by atoms with van der Waals surface area (Å²) in [5.74, 6) is 0.213. The fourth-order valence-electron chi connectivity index (χ4n) is 1.45. The maximum absolute atomic E-state index is 12.3. The molecule has 1 aromatic carbocycles. The minimum absolute atomic E-state index is 0.350. The number of ether oxygens (including phenoxy) is 2. The van der Waals surface area contributed by atoms with E-state index < -0.39 is 5.60 Å². The van der Waals surface area contributed by atoms with Crippen LogP contribution in [-0.4, -0.2) is 17.2 Å². The van der Waals surface area contributed by atoms with Gasteiger partial charge in [0.15, 0.2) is 0 Å². The summed E-state index contributed by atoms with van der Waals surface area (Å²) in [7, 11) is 0. The van der Waals surface area contributed by atoms with E-state index in [0.29, 0.717) is 11.3 Å². The summed E-state index contributed by atoms with van der Waals surface area (Å²) in [5.41, 5.74) is -0.385. The molecule has 0 aliphatic carbocycles. The highest BCUT2D eigenvalue weighted by atomic mass is 127. The van der Waals surface area contributed by atoms with Crippen LogP contribution in [0.15, 0.2) is 18.2 Å². The Morgan fingerprint density at radius 1 is 1.05 bits per heavy atom. The molecule has 0 radical (unpaired) electrons. The second-order valence-corrected chi connectivity index (χ2v) is 7.49. The fraction of sp³-hybridized carbons (Fsp3) is 0.533. The molecule has 0 N–H and O–H groups in total. The van der Waals surface area contributed by atoms with Gasteiger partial charge in [-0.05, 0) is 76.3 Å². The van der Waals surface area contributed by atoms with Crippen molar-refractivity contribution in [2.75, 3.05) is 0 Å². The van der Waals surface area contributed by atoms with Crippen molar-refractivity contribution in [3.8, 4) is 5.75 Å². The number of halogens is 1. The van der Waals surface area contributed by atoms with Crippen LogP contribution in [0.25, 0.3) is 0 Å². The van der Waals surface area contributed by atoms with Gasteiger partial charge in [-0.3, -0.25) is 0 Å². The number of esters is 1. The molecule has 0 heterocycles. The Balaban J connectivity index is 3.15. The summed E-state index contributed by atoms with van der Waals surface area (Å²) in [4.78, 5) is 12.3. The molecule has 1 rings (SSSR count). The van der Waals surface area contributed by atoms with Crippen LogP contribution >= 0.6 is 22.6 Å². The van der Waals surface area contributed by atoms with Gasteiger partial charge < -0.3 is 9.47 Å². The standard InChI is InChI=1S/C15H21IO3/c1-14(2,3)18-11-9-7-8-10(16)12(11)13(17)19-15(4,5)6/h7-9H,1-6H3. The fourth-order valence-corrected chi connectivity index (χ4v) is 2.14. The van der Waals surface area contributed by atoms with Crippen LogP contribution in [0.4, 0.5) is 0 Å². The number of carbonyl (C=O) groups is 1. The summed E-state index contributed by atoms with van der Waals surface area (Å²) in [6, 6.07) is 5.54. The van der Waals surface area contributed by atoms with E-state index in [2.05, 4.69) is 22.6 Å². The number of carbonyl (C=O) groups excluding carboxylic acids is 1. The SMILES string of the molecule is CC(C)(C)OC(=O)c1c(I)cccc1OC(C)(C)C. The van der Waals surface area contributed by atoms with Crippen molar-refractivity contribution < 1.29 is 14.3 Å². The maximum atomic E-state index is 12.3. The van der Waals surface area contributed by atoms with Gasteiger partial charge in [-0.1, -0.05) is 6.07 Å². The van der Waals surface area contributed by atoms with Crippen LogP contribution < -0.4 is 4.74 Å². The Morgan fingerprint density at radius 2 is 1.63 bits per heavy atom. The molecule has 0 unspecified atom stereocenters. The van der Waals surface area contributed by atoms with E-state index in [9.17, 15) is 4.79 Å². The van der Waals surface area contributed by atoms with Crippen molar-refractivity contribution in [2.24, 2.45) is 0 Å². The van der Waals surface area contributed by atoms with Gasteiger partial charge in [-0.15, -0.1) is 0 Å². The maximum Gasteiger partial charge on any atom is 0.343 e. The lowest BCUT2D eigenvalue weighted by Crippen LogP contribution is -2.27. The first-order valence-corrected chi connectivity index (χ1v) is 7.28. The molecule has 0 fully saturated rings. The normalized spacial score (nSPS) is 12.2. The van der Waals surface area contributed by atoms with E-state index in [4.69, 9.17) is 9.47 Å². The third-order valence-electron chi connectivity index (χ3n) is 1.99. The van der Waals surface area contributed by atoms with Crippen molar-refractivity contribution in [2.45, 2.75) is 52.7 Å². The first-order valence-electron chi connectivity index (χ1n) is 6.20. The van der Waals surface area contributed by atoms with Gasteiger partial charge in [0.05, 0.1) is 0 Å². The summed E-state index contributed by atoms with van der Waals surface area (Å²) in [6.45, 7) is 11.4. The molecule has 3 nitrogen and oxygen atoms in total. The third kappa shape index (κ3) is 5.38. The molecule has 4 heteroatoms. The number of rotatable bonds is 2. The average molecular weight is 376 g/mol. The Morgan fingerprint density at radius 3 is 2.11 bits per heavy atom. The van der Waals surface area contributed by atoms with E-state index in [-0.39, 0.29) is 11.6 Å². The molecule has 0 amide bonds. The molecule has 0 bridgehead atoms. The Labute approximate surface area is 128 Å². The second-order valence-electron chi connectivity index (χ2n) is 6.33. The topological polar surface area (TPSA) is 35.5 Å². The van der Waals surface area contributed by atoms with Gasteiger partial charge in [0.25, 0.3) is 0 Å². The minimum atomic E-state index is -0.519. The highest BCUT2D eigenvalue weighted by Gasteiger charge is 2.25. The highest BCUT2D eigenvalue weighted by molar-refractivity contribution is 14.1. The molecule has 0 aromatic heterocycles.